The molecule has 0 atom stereocenters. The van der Waals surface area contributed by atoms with E-state index in [0.29, 0.717) is 21.7 Å². The van der Waals surface area contributed by atoms with E-state index in [2.05, 4.69) is 26.2 Å². The van der Waals surface area contributed by atoms with Gasteiger partial charge in [0.25, 0.3) is 5.91 Å². The third-order valence-corrected chi connectivity index (χ3v) is 3.04. The zero-order chi connectivity index (χ0) is 13.0. The van der Waals surface area contributed by atoms with E-state index < -0.39 is 0 Å². The van der Waals surface area contributed by atoms with Crippen molar-refractivity contribution in [1.82, 2.24) is 10.3 Å². The standard InChI is InChI=1S/C13H10BrClN2O/c14-12-5-4-10(8-16-12)13(18)17-7-9-2-1-3-11(15)6-9/h1-6,8H,7H2,(H,17,18). The van der Waals surface area contributed by atoms with E-state index in [1.165, 1.54) is 6.20 Å². The normalized spacial score (nSPS) is 10.1. The molecule has 1 aromatic heterocycles. The van der Waals surface area contributed by atoms with Crippen molar-refractivity contribution >= 4 is 33.4 Å². The van der Waals surface area contributed by atoms with Crippen molar-refractivity contribution in [2.45, 2.75) is 6.54 Å². The molecule has 0 aliphatic heterocycles. The Kier molecular flexibility index (Phi) is 4.33. The van der Waals surface area contributed by atoms with Crippen LogP contribution in [0, 0.1) is 0 Å². The number of aromatic nitrogens is 1. The van der Waals surface area contributed by atoms with Gasteiger partial charge in [0, 0.05) is 17.8 Å². The SMILES string of the molecule is O=C(NCc1cccc(Cl)c1)c1ccc(Br)nc1. The highest BCUT2D eigenvalue weighted by Crippen LogP contribution is 2.11. The van der Waals surface area contributed by atoms with Gasteiger partial charge in [0.15, 0.2) is 0 Å². The first kappa shape index (κ1) is 13.1. The minimum Gasteiger partial charge on any atom is -0.348 e. The molecule has 0 fully saturated rings. The Labute approximate surface area is 118 Å². The number of nitrogens with one attached hydrogen (secondary N) is 1. The van der Waals surface area contributed by atoms with Crippen LogP contribution in [0.15, 0.2) is 47.2 Å². The monoisotopic (exact) mass is 324 g/mol. The molecule has 2 rings (SSSR count). The molecule has 0 saturated carbocycles. The lowest BCUT2D eigenvalue weighted by molar-refractivity contribution is 0.0950. The summed E-state index contributed by atoms with van der Waals surface area (Å²) in [7, 11) is 0. The molecule has 1 heterocycles. The Morgan fingerprint density at radius 3 is 2.83 bits per heavy atom. The molecular formula is C13H10BrClN2O. The predicted molar refractivity (Wildman–Crippen MR) is 74.6 cm³/mol. The summed E-state index contributed by atoms with van der Waals surface area (Å²) >= 11 is 9.09. The van der Waals surface area contributed by atoms with Crippen LogP contribution in [0.5, 0.6) is 0 Å². The van der Waals surface area contributed by atoms with Gasteiger partial charge >= 0.3 is 0 Å². The van der Waals surface area contributed by atoms with Crippen LogP contribution in [0.2, 0.25) is 5.02 Å². The zero-order valence-corrected chi connectivity index (χ0v) is 11.7. The Morgan fingerprint density at radius 2 is 2.17 bits per heavy atom. The van der Waals surface area contributed by atoms with Gasteiger partial charge in [0.05, 0.1) is 5.56 Å². The summed E-state index contributed by atoms with van der Waals surface area (Å²) in [6.45, 7) is 0.440. The summed E-state index contributed by atoms with van der Waals surface area (Å²) in [6, 6.07) is 10.8. The van der Waals surface area contributed by atoms with Crippen molar-refractivity contribution in [1.29, 1.82) is 0 Å². The Morgan fingerprint density at radius 1 is 1.33 bits per heavy atom. The van der Waals surface area contributed by atoms with Crippen LogP contribution in [-0.2, 0) is 6.54 Å². The number of carbonyl (C=O) groups is 1. The fourth-order valence-electron chi connectivity index (χ4n) is 1.44. The quantitative estimate of drug-likeness (QED) is 0.879. The predicted octanol–water partition coefficient (Wildman–Crippen LogP) is 3.43. The van der Waals surface area contributed by atoms with E-state index in [4.69, 9.17) is 11.6 Å². The van der Waals surface area contributed by atoms with Gasteiger partial charge < -0.3 is 5.32 Å². The molecular weight excluding hydrogens is 316 g/mol. The first-order chi connectivity index (χ1) is 8.65. The molecule has 0 spiro atoms. The van der Waals surface area contributed by atoms with Crippen LogP contribution in [0.3, 0.4) is 0 Å². The van der Waals surface area contributed by atoms with E-state index in [1.54, 1.807) is 18.2 Å². The number of benzene rings is 1. The Hall–Kier alpha value is -1.39. The molecule has 18 heavy (non-hydrogen) atoms. The zero-order valence-electron chi connectivity index (χ0n) is 9.36. The number of nitrogens with zero attached hydrogens (tertiary/aromatic N) is 1. The third-order valence-electron chi connectivity index (χ3n) is 2.33. The van der Waals surface area contributed by atoms with E-state index in [1.807, 2.05) is 18.2 Å². The van der Waals surface area contributed by atoms with Crippen LogP contribution in [0.25, 0.3) is 0 Å². The number of amides is 1. The van der Waals surface area contributed by atoms with E-state index in [9.17, 15) is 4.79 Å². The smallest absolute Gasteiger partial charge is 0.253 e. The van der Waals surface area contributed by atoms with Crippen molar-refractivity contribution < 1.29 is 4.79 Å². The molecule has 0 saturated heterocycles. The molecule has 1 amide bonds. The number of hydrogen-bond acceptors (Lipinski definition) is 2. The Balaban J connectivity index is 1.98. The van der Waals surface area contributed by atoms with Gasteiger partial charge in [-0.05, 0) is 45.8 Å². The van der Waals surface area contributed by atoms with Crippen LogP contribution < -0.4 is 5.32 Å². The van der Waals surface area contributed by atoms with Gasteiger partial charge in [-0.25, -0.2) is 4.98 Å². The lowest BCUT2D eigenvalue weighted by atomic mass is 10.2. The van der Waals surface area contributed by atoms with Crippen molar-refractivity contribution in [3.05, 3.63) is 63.3 Å². The summed E-state index contributed by atoms with van der Waals surface area (Å²) in [5.74, 6) is -0.157. The van der Waals surface area contributed by atoms with Gasteiger partial charge in [0.1, 0.15) is 4.60 Å². The largest absolute Gasteiger partial charge is 0.348 e. The van der Waals surface area contributed by atoms with Crippen molar-refractivity contribution in [2.75, 3.05) is 0 Å². The van der Waals surface area contributed by atoms with Gasteiger partial charge in [-0.2, -0.15) is 0 Å². The minimum absolute atomic E-state index is 0.157. The maximum absolute atomic E-state index is 11.8. The van der Waals surface area contributed by atoms with Gasteiger partial charge in [-0.15, -0.1) is 0 Å². The highest BCUT2D eigenvalue weighted by atomic mass is 79.9. The maximum Gasteiger partial charge on any atom is 0.253 e. The van der Waals surface area contributed by atoms with E-state index in [-0.39, 0.29) is 5.91 Å². The number of halogens is 2. The lowest BCUT2D eigenvalue weighted by Crippen LogP contribution is -2.22. The molecule has 3 nitrogen and oxygen atoms in total. The number of hydrogen-bond donors (Lipinski definition) is 1. The number of rotatable bonds is 3. The van der Waals surface area contributed by atoms with Crippen LogP contribution in [0.4, 0.5) is 0 Å². The number of pyridine rings is 1. The van der Waals surface area contributed by atoms with Crippen molar-refractivity contribution in [3.8, 4) is 0 Å². The summed E-state index contributed by atoms with van der Waals surface area (Å²) in [5.41, 5.74) is 1.49. The number of carbonyl (C=O) groups excluding carboxylic acids is 1. The molecule has 5 heteroatoms. The van der Waals surface area contributed by atoms with Gasteiger partial charge in [-0.1, -0.05) is 23.7 Å². The summed E-state index contributed by atoms with van der Waals surface area (Å²) in [6.07, 6.45) is 1.53. The topological polar surface area (TPSA) is 42.0 Å². The lowest BCUT2D eigenvalue weighted by Gasteiger charge is -2.05. The summed E-state index contributed by atoms with van der Waals surface area (Å²) in [4.78, 5) is 15.8. The second-order valence-corrected chi connectivity index (χ2v) is 4.93. The average Bonchev–Trinajstić information content (AvgIpc) is 2.37. The molecule has 92 valence electrons. The molecule has 0 unspecified atom stereocenters. The van der Waals surface area contributed by atoms with E-state index >= 15 is 0 Å². The second-order valence-electron chi connectivity index (χ2n) is 3.68. The van der Waals surface area contributed by atoms with Crippen LogP contribution in [-0.4, -0.2) is 10.9 Å². The molecule has 1 N–H and O–H groups in total. The molecule has 2 aromatic rings. The van der Waals surface area contributed by atoms with Crippen molar-refractivity contribution in [2.24, 2.45) is 0 Å². The van der Waals surface area contributed by atoms with Crippen molar-refractivity contribution in [3.63, 3.8) is 0 Å². The maximum atomic E-state index is 11.8. The third kappa shape index (κ3) is 3.55. The van der Waals surface area contributed by atoms with Crippen LogP contribution >= 0.6 is 27.5 Å². The minimum atomic E-state index is -0.157. The first-order valence-corrected chi connectivity index (χ1v) is 6.46. The fraction of sp³-hybridized carbons (Fsp3) is 0.0769. The fourth-order valence-corrected chi connectivity index (χ4v) is 1.89. The highest BCUT2D eigenvalue weighted by molar-refractivity contribution is 9.10. The molecule has 0 aliphatic carbocycles. The van der Waals surface area contributed by atoms with Gasteiger partial charge in [-0.3, -0.25) is 4.79 Å². The summed E-state index contributed by atoms with van der Waals surface area (Å²) < 4.78 is 0.703. The molecule has 1 aromatic carbocycles. The Bertz CT molecular complexity index is 557. The van der Waals surface area contributed by atoms with Gasteiger partial charge in [0.2, 0.25) is 0 Å². The van der Waals surface area contributed by atoms with Crippen LogP contribution in [0.1, 0.15) is 15.9 Å². The molecule has 0 aliphatic rings. The first-order valence-electron chi connectivity index (χ1n) is 5.29. The molecule has 0 bridgehead atoms. The average molecular weight is 326 g/mol. The summed E-state index contributed by atoms with van der Waals surface area (Å²) in [5, 5.41) is 3.47. The second kappa shape index (κ2) is 5.98. The molecule has 0 radical (unpaired) electrons. The van der Waals surface area contributed by atoms with E-state index in [0.717, 1.165) is 5.56 Å². The highest BCUT2D eigenvalue weighted by Gasteiger charge is 2.05.